The van der Waals surface area contributed by atoms with Gasteiger partial charge in [0.25, 0.3) is 0 Å². The Labute approximate surface area is 187 Å². The van der Waals surface area contributed by atoms with E-state index in [0.717, 1.165) is 53.3 Å². The molecule has 0 spiro atoms. The lowest BCUT2D eigenvalue weighted by Crippen LogP contribution is -2.33. The molecule has 7 nitrogen and oxygen atoms in total. The normalized spacial score (nSPS) is 22.1. The number of fused-ring (bicyclic) bond motifs is 1. The third kappa shape index (κ3) is 4.48. The van der Waals surface area contributed by atoms with Crippen LogP contribution in [0, 0.1) is 0 Å². The molecule has 31 heavy (non-hydrogen) atoms. The molecule has 0 radical (unpaired) electrons. The summed E-state index contributed by atoms with van der Waals surface area (Å²) in [6, 6.07) is 9.01. The first kappa shape index (κ1) is 20.5. The molecule has 2 saturated carbocycles. The molecule has 2 fully saturated rings. The number of aromatic nitrogens is 4. The summed E-state index contributed by atoms with van der Waals surface area (Å²) < 4.78 is 2.24. The van der Waals surface area contributed by atoms with E-state index in [2.05, 4.69) is 15.2 Å². The molecule has 0 bridgehead atoms. The lowest BCUT2D eigenvalue weighted by molar-refractivity contribution is 0.410. The largest absolute Gasteiger partial charge is 0.364 e. The molecule has 2 aromatic heterocycles. The Bertz CT molecular complexity index is 1040. The van der Waals surface area contributed by atoms with Crippen LogP contribution < -0.4 is 16.4 Å². The van der Waals surface area contributed by atoms with E-state index in [1.54, 1.807) is 0 Å². The average molecular weight is 440 g/mol. The number of hydrogen-bond acceptors (Lipinski definition) is 6. The van der Waals surface area contributed by atoms with Crippen molar-refractivity contribution < 1.29 is 0 Å². The minimum Gasteiger partial charge on any atom is -0.364 e. The minimum absolute atomic E-state index is 0.318. The molecule has 5 rings (SSSR count). The third-order valence-electron chi connectivity index (χ3n) is 6.65. The summed E-state index contributed by atoms with van der Waals surface area (Å²) >= 11 is 6.36. The highest BCUT2D eigenvalue weighted by molar-refractivity contribution is 6.31. The van der Waals surface area contributed by atoms with Crippen molar-refractivity contribution in [3.05, 3.63) is 41.2 Å². The van der Waals surface area contributed by atoms with Gasteiger partial charge in [-0.2, -0.15) is 9.97 Å². The fraction of sp³-hybridized carbons (Fsp3) is 0.522. The zero-order valence-electron chi connectivity index (χ0n) is 17.7. The lowest BCUT2D eigenvalue weighted by atomic mass is 9.92. The second-order valence-electron chi connectivity index (χ2n) is 8.86. The molecule has 164 valence electrons. The Hall–Kier alpha value is -2.38. The van der Waals surface area contributed by atoms with Gasteiger partial charge in [-0.1, -0.05) is 42.6 Å². The van der Waals surface area contributed by atoms with Gasteiger partial charge in [0.15, 0.2) is 17.0 Å². The van der Waals surface area contributed by atoms with E-state index in [1.807, 2.05) is 30.6 Å². The molecule has 8 heteroatoms. The molecule has 0 saturated heterocycles. The van der Waals surface area contributed by atoms with E-state index in [9.17, 15) is 0 Å². The van der Waals surface area contributed by atoms with Gasteiger partial charge in [-0.15, -0.1) is 0 Å². The highest BCUT2D eigenvalue weighted by Gasteiger charge is 2.23. The van der Waals surface area contributed by atoms with Gasteiger partial charge < -0.3 is 20.9 Å². The molecule has 0 atom stereocenters. The summed E-state index contributed by atoms with van der Waals surface area (Å²) in [5.74, 6) is 1.41. The van der Waals surface area contributed by atoms with Gasteiger partial charge in [0.05, 0.1) is 6.33 Å². The molecular formula is C23H30ClN7. The summed E-state index contributed by atoms with van der Waals surface area (Å²) in [6.07, 6.45) is 11.0. The maximum Gasteiger partial charge on any atom is 0.227 e. The van der Waals surface area contributed by atoms with Crippen molar-refractivity contribution in [2.24, 2.45) is 5.73 Å². The fourth-order valence-electron chi connectivity index (χ4n) is 4.82. The Morgan fingerprint density at radius 3 is 2.58 bits per heavy atom. The van der Waals surface area contributed by atoms with E-state index in [1.165, 1.54) is 25.7 Å². The number of anilines is 2. The van der Waals surface area contributed by atoms with E-state index >= 15 is 0 Å². The number of rotatable bonds is 6. The van der Waals surface area contributed by atoms with Gasteiger partial charge in [0.1, 0.15) is 0 Å². The lowest BCUT2D eigenvalue weighted by Gasteiger charge is -2.27. The van der Waals surface area contributed by atoms with E-state index in [0.29, 0.717) is 30.6 Å². The SMILES string of the molecule is N[C@H]1CC[C@H](Nc2nc(NCc3ccccc3Cl)c3ncn(C4CCCC4)c3n2)CC1. The number of hydrogen-bond donors (Lipinski definition) is 3. The molecule has 3 aromatic rings. The standard InChI is InChI=1S/C23H30ClN7/c24-19-8-4-1-5-15(19)13-26-21-20-22(31(14-27-20)18-6-2-3-7-18)30-23(29-21)28-17-11-9-16(25)10-12-17/h1,4-5,8,14,16-18H,2-3,6-7,9-13,25H2,(H2,26,28,29,30)/t16-,17-. The zero-order chi connectivity index (χ0) is 21.2. The van der Waals surface area contributed by atoms with Crippen LogP contribution in [0.3, 0.4) is 0 Å². The van der Waals surface area contributed by atoms with Crippen LogP contribution in [0.15, 0.2) is 30.6 Å². The third-order valence-corrected chi connectivity index (χ3v) is 7.02. The Balaban J connectivity index is 1.45. The molecule has 2 heterocycles. The van der Waals surface area contributed by atoms with Crippen molar-refractivity contribution >= 4 is 34.5 Å². The van der Waals surface area contributed by atoms with Gasteiger partial charge in [0, 0.05) is 29.7 Å². The zero-order valence-corrected chi connectivity index (χ0v) is 18.5. The second kappa shape index (κ2) is 9.01. The summed E-state index contributed by atoms with van der Waals surface area (Å²) in [5.41, 5.74) is 8.83. The first-order valence-electron chi connectivity index (χ1n) is 11.4. The highest BCUT2D eigenvalue weighted by Crippen LogP contribution is 2.33. The number of nitrogens with zero attached hydrogens (tertiary/aromatic N) is 4. The number of nitrogens with two attached hydrogens (primary N) is 1. The van der Waals surface area contributed by atoms with Crippen LogP contribution >= 0.6 is 11.6 Å². The van der Waals surface area contributed by atoms with Crippen molar-refractivity contribution in [1.82, 2.24) is 19.5 Å². The van der Waals surface area contributed by atoms with Gasteiger partial charge >= 0.3 is 0 Å². The van der Waals surface area contributed by atoms with Crippen LogP contribution in [-0.4, -0.2) is 31.6 Å². The summed E-state index contributed by atoms with van der Waals surface area (Å²) in [6.45, 7) is 0.583. The Morgan fingerprint density at radius 2 is 1.81 bits per heavy atom. The topological polar surface area (TPSA) is 93.7 Å². The van der Waals surface area contributed by atoms with Crippen molar-refractivity contribution in [2.45, 2.75) is 76.0 Å². The first-order valence-corrected chi connectivity index (χ1v) is 11.8. The van der Waals surface area contributed by atoms with Crippen LogP contribution in [0.1, 0.15) is 63.0 Å². The van der Waals surface area contributed by atoms with Crippen LogP contribution in [0.25, 0.3) is 11.2 Å². The Kier molecular flexibility index (Phi) is 5.96. The number of nitrogens with one attached hydrogen (secondary N) is 2. The average Bonchev–Trinajstić information content (AvgIpc) is 3.44. The number of benzene rings is 1. The van der Waals surface area contributed by atoms with Gasteiger partial charge in [-0.05, 0) is 50.2 Å². The van der Waals surface area contributed by atoms with Crippen molar-refractivity contribution in [1.29, 1.82) is 0 Å². The summed E-state index contributed by atoms with van der Waals surface area (Å²) in [7, 11) is 0. The fourth-order valence-corrected chi connectivity index (χ4v) is 5.02. The van der Waals surface area contributed by atoms with Crippen molar-refractivity contribution in [3.8, 4) is 0 Å². The molecule has 2 aliphatic rings. The highest BCUT2D eigenvalue weighted by atomic mass is 35.5. The van der Waals surface area contributed by atoms with Gasteiger partial charge in [-0.25, -0.2) is 4.98 Å². The maximum atomic E-state index is 6.36. The van der Waals surface area contributed by atoms with E-state index in [4.69, 9.17) is 32.3 Å². The smallest absolute Gasteiger partial charge is 0.227 e. The van der Waals surface area contributed by atoms with Crippen molar-refractivity contribution in [2.75, 3.05) is 10.6 Å². The predicted octanol–water partition coefficient (Wildman–Crippen LogP) is 4.89. The van der Waals surface area contributed by atoms with Crippen LogP contribution in [0.5, 0.6) is 0 Å². The number of halogens is 1. The second-order valence-corrected chi connectivity index (χ2v) is 9.27. The van der Waals surface area contributed by atoms with Gasteiger partial charge in [0.2, 0.25) is 5.95 Å². The molecule has 0 unspecified atom stereocenters. The van der Waals surface area contributed by atoms with Crippen LogP contribution in [0.4, 0.5) is 11.8 Å². The maximum absolute atomic E-state index is 6.36. The molecule has 1 aromatic carbocycles. The molecule has 0 aliphatic heterocycles. The van der Waals surface area contributed by atoms with Crippen molar-refractivity contribution in [3.63, 3.8) is 0 Å². The van der Waals surface area contributed by atoms with Gasteiger partial charge in [-0.3, -0.25) is 0 Å². The molecule has 2 aliphatic carbocycles. The summed E-state index contributed by atoms with van der Waals surface area (Å²) in [4.78, 5) is 14.4. The quantitative estimate of drug-likeness (QED) is 0.506. The molecule has 4 N–H and O–H groups in total. The molecule has 0 amide bonds. The Morgan fingerprint density at radius 1 is 1.03 bits per heavy atom. The van der Waals surface area contributed by atoms with Crippen LogP contribution in [0.2, 0.25) is 5.02 Å². The molecular weight excluding hydrogens is 410 g/mol. The van der Waals surface area contributed by atoms with E-state index in [-0.39, 0.29) is 0 Å². The monoisotopic (exact) mass is 439 g/mol. The number of imidazole rings is 1. The summed E-state index contributed by atoms with van der Waals surface area (Å²) in [5, 5.41) is 7.77. The minimum atomic E-state index is 0.318. The predicted molar refractivity (Wildman–Crippen MR) is 125 cm³/mol. The van der Waals surface area contributed by atoms with Crippen LogP contribution in [-0.2, 0) is 6.54 Å². The first-order chi connectivity index (χ1) is 15.2. The van der Waals surface area contributed by atoms with E-state index < -0.39 is 0 Å².